The van der Waals surface area contributed by atoms with Gasteiger partial charge in [0.05, 0.1) is 11.7 Å². The number of alkyl halides is 1. The summed E-state index contributed by atoms with van der Waals surface area (Å²) in [5, 5.41) is 8.16. The van der Waals surface area contributed by atoms with Gasteiger partial charge in [-0.3, -0.25) is 15.0 Å². The SMILES string of the molecule is CCCN1C(=O)C2CC(Cl)CCC2N2C(SCC(=O)Nc3ccc4c(c3)OCO4)=NNC12. The molecule has 1 aromatic carbocycles. The van der Waals surface area contributed by atoms with Crippen LogP contribution in [0.3, 0.4) is 0 Å². The van der Waals surface area contributed by atoms with Gasteiger partial charge in [0, 0.05) is 29.7 Å². The molecule has 0 radical (unpaired) electrons. The predicted octanol–water partition coefficient (Wildman–Crippen LogP) is 2.58. The third-order valence-corrected chi connectivity index (χ3v) is 7.58. The second-order valence-corrected chi connectivity index (χ2v) is 9.88. The van der Waals surface area contributed by atoms with Crippen LogP contribution in [0.4, 0.5) is 5.69 Å². The van der Waals surface area contributed by atoms with Crippen molar-refractivity contribution in [3.63, 3.8) is 0 Å². The number of fused-ring (bicyclic) bond motifs is 4. The summed E-state index contributed by atoms with van der Waals surface area (Å²) in [5.74, 6) is 1.37. The van der Waals surface area contributed by atoms with Crippen LogP contribution in [0, 0.1) is 5.92 Å². The maximum atomic E-state index is 13.2. The van der Waals surface area contributed by atoms with Crippen molar-refractivity contribution in [2.75, 3.05) is 24.4 Å². The number of anilines is 1. The van der Waals surface area contributed by atoms with Crippen molar-refractivity contribution in [3.8, 4) is 11.5 Å². The molecule has 172 valence electrons. The molecule has 0 aromatic heterocycles. The molecule has 9 nitrogen and oxygen atoms in total. The number of nitrogens with one attached hydrogen (secondary N) is 2. The first-order chi connectivity index (χ1) is 15.5. The molecular weight excluding hydrogens is 454 g/mol. The number of hydrogen-bond donors (Lipinski definition) is 2. The van der Waals surface area contributed by atoms with Gasteiger partial charge in [-0.25, -0.2) is 0 Å². The summed E-state index contributed by atoms with van der Waals surface area (Å²) < 4.78 is 10.7. The summed E-state index contributed by atoms with van der Waals surface area (Å²) in [6.07, 6.45) is 2.95. The highest BCUT2D eigenvalue weighted by Crippen LogP contribution is 2.40. The van der Waals surface area contributed by atoms with Gasteiger partial charge in [0.15, 0.2) is 23.0 Å². The Bertz CT molecular complexity index is 947. The average molecular weight is 480 g/mol. The topological polar surface area (TPSA) is 95.5 Å². The van der Waals surface area contributed by atoms with Crippen LogP contribution < -0.4 is 20.2 Å². The van der Waals surface area contributed by atoms with Crippen LogP contribution in [0.5, 0.6) is 11.5 Å². The standard InChI is InChI=1S/C21H26ClN5O4S/c1-2-7-26-19(29)14-8-12(22)3-5-15(14)27-20(26)24-25-21(27)32-10-18(28)23-13-4-6-16-17(9-13)31-11-30-16/h4,6,9,12,14-15,20,24H,2-3,5,7-8,10-11H2,1H3,(H,23,28). The maximum Gasteiger partial charge on any atom is 0.234 e. The molecule has 0 bridgehead atoms. The van der Waals surface area contributed by atoms with Crippen molar-refractivity contribution in [1.29, 1.82) is 0 Å². The molecule has 0 spiro atoms. The molecule has 2 N–H and O–H groups in total. The number of benzene rings is 1. The molecule has 1 saturated heterocycles. The minimum Gasteiger partial charge on any atom is -0.454 e. The maximum absolute atomic E-state index is 13.2. The Morgan fingerprint density at radius 3 is 3.03 bits per heavy atom. The fraction of sp³-hybridized carbons (Fsp3) is 0.571. The Labute approximate surface area is 195 Å². The number of rotatable bonds is 5. The first kappa shape index (κ1) is 21.5. The monoisotopic (exact) mass is 479 g/mol. The highest BCUT2D eigenvalue weighted by molar-refractivity contribution is 8.14. The molecule has 11 heteroatoms. The summed E-state index contributed by atoms with van der Waals surface area (Å²) in [6, 6.07) is 5.37. The molecule has 4 unspecified atom stereocenters. The number of halogens is 1. The average Bonchev–Trinajstić information content (AvgIpc) is 3.42. The van der Waals surface area contributed by atoms with E-state index in [2.05, 4.69) is 27.7 Å². The van der Waals surface area contributed by atoms with Crippen LogP contribution in [-0.4, -0.2) is 63.6 Å². The van der Waals surface area contributed by atoms with Gasteiger partial charge in [-0.2, -0.15) is 5.10 Å². The Hall–Kier alpha value is -2.33. The third-order valence-electron chi connectivity index (χ3n) is 6.22. The lowest BCUT2D eigenvalue weighted by molar-refractivity contribution is -0.155. The number of thioether (sulfide) groups is 1. The highest BCUT2D eigenvalue weighted by atomic mass is 35.5. The Kier molecular flexibility index (Phi) is 5.98. The van der Waals surface area contributed by atoms with Crippen LogP contribution in [0.25, 0.3) is 0 Å². The van der Waals surface area contributed by atoms with E-state index in [0.29, 0.717) is 30.2 Å². The molecule has 32 heavy (non-hydrogen) atoms. The van der Waals surface area contributed by atoms with Crippen LogP contribution in [0.15, 0.2) is 23.3 Å². The van der Waals surface area contributed by atoms with E-state index in [1.807, 2.05) is 4.90 Å². The lowest BCUT2D eigenvalue weighted by Gasteiger charge is -2.51. The number of hydrogen-bond acceptors (Lipinski definition) is 8. The van der Waals surface area contributed by atoms with E-state index in [4.69, 9.17) is 21.1 Å². The number of hydrazone groups is 1. The molecule has 5 rings (SSSR count). The molecule has 3 heterocycles. The minimum atomic E-state index is -0.296. The lowest BCUT2D eigenvalue weighted by atomic mass is 9.81. The van der Waals surface area contributed by atoms with Crippen molar-refractivity contribution >= 4 is 46.0 Å². The Morgan fingerprint density at radius 2 is 2.19 bits per heavy atom. The number of amides is 2. The summed E-state index contributed by atoms with van der Waals surface area (Å²) >= 11 is 7.79. The van der Waals surface area contributed by atoms with Crippen molar-refractivity contribution < 1.29 is 19.1 Å². The third kappa shape index (κ3) is 3.94. The van der Waals surface area contributed by atoms with Crippen LogP contribution >= 0.6 is 23.4 Å². The second kappa shape index (κ2) is 8.90. The van der Waals surface area contributed by atoms with Gasteiger partial charge in [-0.05, 0) is 37.8 Å². The van der Waals surface area contributed by atoms with Crippen LogP contribution in [0.1, 0.15) is 32.6 Å². The first-order valence-corrected chi connectivity index (χ1v) is 12.4. The molecule has 2 amide bonds. The zero-order valence-corrected chi connectivity index (χ0v) is 19.3. The van der Waals surface area contributed by atoms with Crippen LogP contribution in [-0.2, 0) is 9.59 Å². The Balaban J connectivity index is 1.25. The van der Waals surface area contributed by atoms with Gasteiger partial charge >= 0.3 is 0 Å². The molecule has 1 aromatic rings. The van der Waals surface area contributed by atoms with Gasteiger partial charge < -0.3 is 24.6 Å². The zero-order chi connectivity index (χ0) is 22.2. The van der Waals surface area contributed by atoms with Gasteiger partial charge in [-0.15, -0.1) is 11.6 Å². The van der Waals surface area contributed by atoms with E-state index >= 15 is 0 Å². The van der Waals surface area contributed by atoms with E-state index in [-0.39, 0.29) is 48.0 Å². The van der Waals surface area contributed by atoms with Gasteiger partial charge in [0.1, 0.15) is 0 Å². The fourth-order valence-corrected chi connectivity index (χ4v) is 5.95. The largest absolute Gasteiger partial charge is 0.454 e. The quantitative estimate of drug-likeness (QED) is 0.626. The summed E-state index contributed by atoms with van der Waals surface area (Å²) in [6.45, 7) is 2.90. The van der Waals surface area contributed by atoms with Crippen molar-refractivity contribution in [2.24, 2.45) is 11.0 Å². The van der Waals surface area contributed by atoms with E-state index < -0.39 is 0 Å². The smallest absolute Gasteiger partial charge is 0.234 e. The van der Waals surface area contributed by atoms with E-state index in [1.165, 1.54) is 11.8 Å². The van der Waals surface area contributed by atoms with E-state index in [0.717, 1.165) is 24.4 Å². The first-order valence-electron chi connectivity index (χ1n) is 10.9. The van der Waals surface area contributed by atoms with Crippen molar-refractivity contribution in [2.45, 2.75) is 50.3 Å². The fourth-order valence-electron chi connectivity index (χ4n) is 4.80. The molecule has 1 aliphatic carbocycles. The Morgan fingerprint density at radius 1 is 1.34 bits per heavy atom. The van der Waals surface area contributed by atoms with E-state index in [9.17, 15) is 9.59 Å². The van der Waals surface area contributed by atoms with Gasteiger partial charge in [0.25, 0.3) is 0 Å². The van der Waals surface area contributed by atoms with Crippen molar-refractivity contribution in [3.05, 3.63) is 18.2 Å². The number of carbonyl (C=O) groups excluding carboxylic acids is 2. The molecule has 1 saturated carbocycles. The molecular formula is C21H26ClN5O4S. The summed E-state index contributed by atoms with van der Waals surface area (Å²) in [4.78, 5) is 29.8. The number of carbonyl (C=O) groups is 2. The van der Waals surface area contributed by atoms with Crippen molar-refractivity contribution in [1.82, 2.24) is 15.2 Å². The minimum absolute atomic E-state index is 0.0244. The second-order valence-electron chi connectivity index (χ2n) is 8.33. The van der Waals surface area contributed by atoms with Crippen LogP contribution in [0.2, 0.25) is 0 Å². The zero-order valence-electron chi connectivity index (χ0n) is 17.8. The number of ether oxygens (including phenoxy) is 2. The predicted molar refractivity (Wildman–Crippen MR) is 123 cm³/mol. The summed E-state index contributed by atoms with van der Waals surface area (Å²) in [5.41, 5.74) is 3.78. The van der Waals surface area contributed by atoms with Gasteiger partial charge in [-0.1, -0.05) is 18.7 Å². The summed E-state index contributed by atoms with van der Waals surface area (Å²) in [7, 11) is 0. The highest BCUT2D eigenvalue weighted by Gasteiger charge is 2.51. The number of nitrogens with zero attached hydrogens (tertiary/aromatic N) is 3. The van der Waals surface area contributed by atoms with E-state index in [1.54, 1.807) is 18.2 Å². The molecule has 4 atom stereocenters. The van der Waals surface area contributed by atoms with Gasteiger partial charge in [0.2, 0.25) is 18.6 Å². The lowest BCUT2D eigenvalue weighted by Crippen LogP contribution is -2.67. The molecule has 2 fully saturated rings. The number of amidine groups is 1. The molecule has 4 aliphatic rings. The normalized spacial score (nSPS) is 28.1. The molecule has 3 aliphatic heterocycles.